The van der Waals surface area contributed by atoms with Crippen molar-refractivity contribution in [3.8, 4) is 6.07 Å². The molecule has 0 bridgehead atoms. The number of nitrogens with zero attached hydrogens (tertiary/aromatic N) is 6. The van der Waals surface area contributed by atoms with Crippen LogP contribution in [0.1, 0.15) is 24.6 Å². The molecule has 1 aliphatic carbocycles. The second-order valence-corrected chi connectivity index (χ2v) is 4.71. The SMILES string of the molecule is N#Cc1ncccc1Sc1nnnn1C1CC1. The summed E-state index contributed by atoms with van der Waals surface area (Å²) in [7, 11) is 0. The van der Waals surface area contributed by atoms with E-state index >= 15 is 0 Å². The Morgan fingerprint density at radius 1 is 1.47 bits per heavy atom. The van der Waals surface area contributed by atoms with E-state index in [1.807, 2.05) is 10.7 Å². The Kier molecular flexibility index (Phi) is 2.49. The molecule has 0 aliphatic heterocycles. The van der Waals surface area contributed by atoms with Crippen molar-refractivity contribution in [1.82, 2.24) is 25.2 Å². The highest BCUT2D eigenvalue weighted by atomic mass is 32.2. The van der Waals surface area contributed by atoms with Gasteiger partial charge in [-0.3, -0.25) is 0 Å². The van der Waals surface area contributed by atoms with Crippen LogP contribution in [-0.4, -0.2) is 25.2 Å². The molecule has 0 amide bonds. The van der Waals surface area contributed by atoms with E-state index in [-0.39, 0.29) is 0 Å². The van der Waals surface area contributed by atoms with Crippen molar-refractivity contribution < 1.29 is 0 Å². The van der Waals surface area contributed by atoms with Crippen LogP contribution in [0.15, 0.2) is 28.4 Å². The van der Waals surface area contributed by atoms with Crippen LogP contribution in [0.2, 0.25) is 0 Å². The summed E-state index contributed by atoms with van der Waals surface area (Å²) in [4.78, 5) is 4.79. The molecule has 1 fully saturated rings. The summed E-state index contributed by atoms with van der Waals surface area (Å²) in [6.07, 6.45) is 3.85. The summed E-state index contributed by atoms with van der Waals surface area (Å²) in [6, 6.07) is 6.14. The topological polar surface area (TPSA) is 80.3 Å². The zero-order valence-corrected chi connectivity index (χ0v) is 9.63. The number of pyridine rings is 1. The number of aromatic nitrogens is 5. The minimum Gasteiger partial charge on any atom is -0.244 e. The first-order valence-corrected chi connectivity index (χ1v) is 6.01. The van der Waals surface area contributed by atoms with Gasteiger partial charge in [-0.2, -0.15) is 5.26 Å². The number of nitriles is 1. The van der Waals surface area contributed by atoms with Gasteiger partial charge in [0.05, 0.1) is 10.9 Å². The van der Waals surface area contributed by atoms with Gasteiger partial charge in [-0.15, -0.1) is 5.10 Å². The van der Waals surface area contributed by atoms with Gasteiger partial charge in [0.2, 0.25) is 5.16 Å². The first-order chi connectivity index (χ1) is 8.38. The Morgan fingerprint density at radius 2 is 2.35 bits per heavy atom. The zero-order chi connectivity index (χ0) is 11.7. The Bertz CT molecular complexity index is 582. The van der Waals surface area contributed by atoms with Gasteiger partial charge in [0, 0.05) is 6.20 Å². The molecule has 1 saturated carbocycles. The lowest BCUT2D eigenvalue weighted by atomic mass is 10.4. The van der Waals surface area contributed by atoms with Crippen molar-refractivity contribution >= 4 is 11.8 Å². The lowest BCUT2D eigenvalue weighted by Crippen LogP contribution is -1.99. The normalized spacial score (nSPS) is 14.5. The second-order valence-electron chi connectivity index (χ2n) is 3.70. The lowest BCUT2D eigenvalue weighted by molar-refractivity contribution is 0.565. The van der Waals surface area contributed by atoms with Gasteiger partial charge in [0.1, 0.15) is 6.07 Å². The largest absolute Gasteiger partial charge is 0.244 e. The standard InChI is InChI=1S/C10H8N6S/c11-6-8-9(2-1-5-12-8)17-10-13-14-15-16(10)7-3-4-7/h1-2,5,7H,3-4H2. The highest BCUT2D eigenvalue weighted by Crippen LogP contribution is 2.38. The van der Waals surface area contributed by atoms with Crippen LogP contribution in [0.3, 0.4) is 0 Å². The van der Waals surface area contributed by atoms with Gasteiger partial charge < -0.3 is 0 Å². The Hall–Kier alpha value is -1.94. The summed E-state index contributed by atoms with van der Waals surface area (Å²) in [5.74, 6) is 0. The van der Waals surface area contributed by atoms with Crippen molar-refractivity contribution in [1.29, 1.82) is 5.26 Å². The number of hydrogen-bond donors (Lipinski definition) is 0. The molecular weight excluding hydrogens is 236 g/mol. The fourth-order valence-electron chi connectivity index (χ4n) is 1.46. The second kappa shape index (κ2) is 4.14. The molecule has 0 saturated heterocycles. The predicted octanol–water partition coefficient (Wildman–Crippen LogP) is 1.43. The summed E-state index contributed by atoms with van der Waals surface area (Å²) >= 11 is 1.38. The summed E-state index contributed by atoms with van der Waals surface area (Å²) < 4.78 is 1.82. The van der Waals surface area contributed by atoms with Crippen molar-refractivity contribution in [2.24, 2.45) is 0 Å². The van der Waals surface area contributed by atoms with Gasteiger partial charge >= 0.3 is 0 Å². The van der Waals surface area contributed by atoms with Crippen LogP contribution < -0.4 is 0 Å². The van der Waals surface area contributed by atoms with Gasteiger partial charge in [-0.1, -0.05) is 0 Å². The van der Waals surface area contributed by atoms with Crippen molar-refractivity contribution in [3.63, 3.8) is 0 Å². The van der Waals surface area contributed by atoms with E-state index in [1.54, 1.807) is 12.3 Å². The Morgan fingerprint density at radius 3 is 3.12 bits per heavy atom. The molecule has 6 nitrogen and oxygen atoms in total. The third-order valence-corrected chi connectivity index (χ3v) is 3.43. The van der Waals surface area contributed by atoms with E-state index in [4.69, 9.17) is 5.26 Å². The maximum Gasteiger partial charge on any atom is 0.214 e. The summed E-state index contributed by atoms with van der Waals surface area (Å²) in [5, 5.41) is 21.3. The molecule has 0 atom stereocenters. The van der Waals surface area contributed by atoms with Gasteiger partial charge in [-0.25, -0.2) is 9.67 Å². The molecule has 17 heavy (non-hydrogen) atoms. The average molecular weight is 244 g/mol. The molecule has 0 aromatic carbocycles. The smallest absolute Gasteiger partial charge is 0.214 e. The average Bonchev–Trinajstić information content (AvgIpc) is 3.11. The van der Waals surface area contributed by atoms with E-state index < -0.39 is 0 Å². The van der Waals surface area contributed by atoms with Gasteiger partial charge in [0.25, 0.3) is 0 Å². The number of rotatable bonds is 3. The molecular formula is C10H8N6S. The van der Waals surface area contributed by atoms with Gasteiger partial charge in [0.15, 0.2) is 5.69 Å². The van der Waals surface area contributed by atoms with Crippen LogP contribution in [0.4, 0.5) is 0 Å². The highest BCUT2D eigenvalue weighted by molar-refractivity contribution is 7.99. The predicted molar refractivity (Wildman–Crippen MR) is 59.2 cm³/mol. The van der Waals surface area contributed by atoms with E-state index in [2.05, 4.69) is 26.6 Å². The maximum atomic E-state index is 8.95. The first-order valence-electron chi connectivity index (χ1n) is 5.19. The lowest BCUT2D eigenvalue weighted by Gasteiger charge is -2.02. The Balaban J connectivity index is 1.91. The van der Waals surface area contributed by atoms with Crippen LogP contribution in [0, 0.1) is 11.3 Å². The molecule has 2 aromatic rings. The maximum absolute atomic E-state index is 8.95. The molecule has 0 spiro atoms. The number of hydrogen-bond acceptors (Lipinski definition) is 6. The van der Waals surface area contributed by atoms with Crippen LogP contribution >= 0.6 is 11.8 Å². The molecule has 0 unspecified atom stereocenters. The van der Waals surface area contributed by atoms with E-state index in [0.717, 1.165) is 22.9 Å². The Labute approximate surface area is 102 Å². The van der Waals surface area contributed by atoms with Crippen LogP contribution in [0.25, 0.3) is 0 Å². The number of tetrazole rings is 1. The monoisotopic (exact) mass is 244 g/mol. The van der Waals surface area contributed by atoms with E-state index in [9.17, 15) is 0 Å². The third-order valence-electron chi connectivity index (χ3n) is 2.43. The van der Waals surface area contributed by atoms with Crippen LogP contribution in [-0.2, 0) is 0 Å². The van der Waals surface area contributed by atoms with Crippen molar-refractivity contribution in [2.45, 2.75) is 28.9 Å². The van der Waals surface area contributed by atoms with E-state index in [1.165, 1.54) is 11.8 Å². The van der Waals surface area contributed by atoms with Crippen LogP contribution in [0.5, 0.6) is 0 Å². The molecule has 0 N–H and O–H groups in total. The quantitative estimate of drug-likeness (QED) is 0.812. The fraction of sp³-hybridized carbons (Fsp3) is 0.300. The third kappa shape index (κ3) is 1.99. The van der Waals surface area contributed by atoms with Gasteiger partial charge in [-0.05, 0) is 47.2 Å². The molecule has 84 valence electrons. The molecule has 2 aromatic heterocycles. The molecule has 2 heterocycles. The summed E-state index contributed by atoms with van der Waals surface area (Å²) in [5.41, 5.74) is 0.405. The fourth-order valence-corrected chi connectivity index (χ4v) is 2.35. The van der Waals surface area contributed by atoms with E-state index in [0.29, 0.717) is 11.7 Å². The molecule has 0 radical (unpaired) electrons. The minimum absolute atomic E-state index is 0.405. The zero-order valence-electron chi connectivity index (χ0n) is 8.82. The first kappa shape index (κ1) is 10.2. The summed E-state index contributed by atoms with van der Waals surface area (Å²) in [6.45, 7) is 0. The highest BCUT2D eigenvalue weighted by Gasteiger charge is 2.28. The van der Waals surface area contributed by atoms with Crippen molar-refractivity contribution in [3.05, 3.63) is 24.0 Å². The molecule has 3 rings (SSSR count). The minimum atomic E-state index is 0.405. The molecule has 7 heteroatoms. The molecule has 1 aliphatic rings. The van der Waals surface area contributed by atoms with Crippen molar-refractivity contribution in [2.75, 3.05) is 0 Å².